The molecule has 22 heavy (non-hydrogen) atoms. The fraction of sp³-hybridized carbons (Fsp3) is 0.278. The van der Waals surface area contributed by atoms with E-state index < -0.39 is 5.97 Å². The fourth-order valence-corrected chi connectivity index (χ4v) is 2.15. The molecule has 1 aromatic rings. The van der Waals surface area contributed by atoms with Crippen molar-refractivity contribution in [1.29, 1.82) is 0 Å². The summed E-state index contributed by atoms with van der Waals surface area (Å²) in [6.45, 7) is 7.55. The zero-order valence-corrected chi connectivity index (χ0v) is 13.2. The summed E-state index contributed by atoms with van der Waals surface area (Å²) in [4.78, 5) is 28.8. The van der Waals surface area contributed by atoms with E-state index >= 15 is 0 Å². The van der Waals surface area contributed by atoms with Crippen molar-refractivity contribution in [3.8, 4) is 0 Å². The summed E-state index contributed by atoms with van der Waals surface area (Å²) < 4.78 is 0. The van der Waals surface area contributed by atoms with Gasteiger partial charge in [0, 0.05) is 0 Å². The Hall–Kier alpha value is -2.49. The Morgan fingerprint density at radius 1 is 1.18 bits per heavy atom. The highest BCUT2D eigenvalue weighted by atomic mass is 16.7. The molecule has 0 bridgehead atoms. The maximum atomic E-state index is 12.0. The molecule has 0 aromatic heterocycles. The van der Waals surface area contributed by atoms with E-state index in [0.29, 0.717) is 16.8 Å². The quantitative estimate of drug-likeness (QED) is 0.486. The van der Waals surface area contributed by atoms with E-state index in [1.165, 1.54) is 0 Å². The molecular weight excluding hydrogens is 278 g/mol. The number of ketones is 1. The average Bonchev–Trinajstić information content (AvgIpc) is 2.47. The third-order valence-corrected chi connectivity index (χ3v) is 3.43. The Morgan fingerprint density at radius 2 is 1.91 bits per heavy atom. The van der Waals surface area contributed by atoms with Crippen LogP contribution in [0.2, 0.25) is 0 Å². The highest BCUT2D eigenvalue weighted by molar-refractivity contribution is 6.21. The molecule has 0 radical (unpaired) electrons. The molecule has 1 aromatic carbocycles. The number of aryl methyl sites for hydroxylation is 1. The number of carbonyl (C=O) groups excluding carboxylic acids is 2. The van der Waals surface area contributed by atoms with Crippen molar-refractivity contribution in [3.63, 3.8) is 0 Å². The monoisotopic (exact) mass is 297 g/mol. The van der Waals surface area contributed by atoms with Crippen LogP contribution in [-0.4, -0.2) is 17.5 Å². The lowest BCUT2D eigenvalue weighted by molar-refractivity contribution is -0.111. The second-order valence-corrected chi connectivity index (χ2v) is 5.67. The molecule has 0 saturated carbocycles. The highest BCUT2D eigenvalue weighted by Gasteiger charge is 2.19. The van der Waals surface area contributed by atoms with Crippen LogP contribution < -0.4 is 0 Å². The molecule has 4 nitrogen and oxygen atoms in total. The van der Waals surface area contributed by atoms with E-state index in [-0.39, 0.29) is 11.7 Å². The molecule has 0 unspecified atom stereocenters. The van der Waals surface area contributed by atoms with Crippen LogP contribution in [0.15, 0.2) is 52.7 Å². The first-order valence-corrected chi connectivity index (χ1v) is 7.19. The zero-order chi connectivity index (χ0) is 16.3. The van der Waals surface area contributed by atoms with Gasteiger partial charge in [0.1, 0.15) is 5.71 Å². The van der Waals surface area contributed by atoms with Gasteiger partial charge in [-0.05, 0) is 55.2 Å². The summed E-state index contributed by atoms with van der Waals surface area (Å²) in [5.74, 6) is -0.431. The summed E-state index contributed by atoms with van der Waals surface area (Å²) >= 11 is 0. The molecule has 0 aliphatic heterocycles. The van der Waals surface area contributed by atoms with Gasteiger partial charge in [-0.3, -0.25) is 4.79 Å². The highest BCUT2D eigenvalue weighted by Crippen LogP contribution is 2.20. The number of oxime groups is 1. The minimum Gasteiger partial charge on any atom is -0.312 e. The molecule has 0 fully saturated rings. The molecule has 114 valence electrons. The van der Waals surface area contributed by atoms with Crippen molar-refractivity contribution >= 4 is 17.5 Å². The predicted molar refractivity (Wildman–Crippen MR) is 85.7 cm³/mol. The molecule has 0 spiro atoms. The maximum absolute atomic E-state index is 12.0. The van der Waals surface area contributed by atoms with Crippen LogP contribution in [0.4, 0.5) is 0 Å². The molecule has 4 heteroatoms. The predicted octanol–water partition coefficient (Wildman–Crippen LogP) is 3.62. The van der Waals surface area contributed by atoms with Gasteiger partial charge in [0.15, 0.2) is 5.78 Å². The van der Waals surface area contributed by atoms with Crippen LogP contribution in [0.1, 0.15) is 36.7 Å². The van der Waals surface area contributed by atoms with Crippen LogP contribution in [0.3, 0.4) is 0 Å². The van der Waals surface area contributed by atoms with E-state index in [9.17, 15) is 9.59 Å². The molecule has 0 atom stereocenters. The number of benzene rings is 1. The van der Waals surface area contributed by atoms with E-state index in [1.807, 2.05) is 26.8 Å². The Kier molecular flexibility index (Phi) is 4.71. The normalized spacial score (nSPS) is 16.6. The summed E-state index contributed by atoms with van der Waals surface area (Å²) in [7, 11) is 0. The first-order valence-electron chi connectivity index (χ1n) is 7.19. The van der Waals surface area contributed by atoms with Gasteiger partial charge < -0.3 is 4.84 Å². The molecule has 0 amide bonds. The number of carbonyl (C=O) groups is 2. The summed E-state index contributed by atoms with van der Waals surface area (Å²) in [5, 5.41) is 3.95. The third-order valence-electron chi connectivity index (χ3n) is 3.43. The Labute approximate surface area is 130 Å². The molecular formula is C18H19NO3. The van der Waals surface area contributed by atoms with Gasteiger partial charge in [0.25, 0.3) is 0 Å². The van der Waals surface area contributed by atoms with Gasteiger partial charge in [0.2, 0.25) is 0 Å². The van der Waals surface area contributed by atoms with Crippen molar-refractivity contribution in [3.05, 3.63) is 58.7 Å². The van der Waals surface area contributed by atoms with Crippen molar-refractivity contribution in [2.45, 2.75) is 27.7 Å². The van der Waals surface area contributed by atoms with Crippen LogP contribution in [0, 0.1) is 12.8 Å². The standard InChI is InChI=1S/C18H19NO3/c1-11(2)15-10-17(20)13(4)9-16(15)19-22-18(21)14-7-5-6-12(3)8-14/h5-11H,1-4H3/b19-16-. The molecule has 0 saturated heterocycles. The molecule has 0 heterocycles. The Balaban J connectivity index is 2.23. The largest absolute Gasteiger partial charge is 0.365 e. The number of hydrogen-bond acceptors (Lipinski definition) is 4. The van der Waals surface area contributed by atoms with Gasteiger partial charge in [-0.15, -0.1) is 0 Å². The average molecular weight is 297 g/mol. The van der Waals surface area contributed by atoms with Crippen LogP contribution in [0.25, 0.3) is 0 Å². The lowest BCUT2D eigenvalue weighted by Gasteiger charge is -2.15. The summed E-state index contributed by atoms with van der Waals surface area (Å²) in [6.07, 6.45) is 3.21. The van der Waals surface area contributed by atoms with Crippen LogP contribution >= 0.6 is 0 Å². The molecule has 0 N–H and O–H groups in total. The summed E-state index contributed by atoms with van der Waals surface area (Å²) in [5.41, 5.74) is 3.30. The second kappa shape index (κ2) is 6.52. The number of hydrogen-bond donors (Lipinski definition) is 0. The van der Waals surface area contributed by atoms with Crippen LogP contribution in [-0.2, 0) is 9.63 Å². The molecule has 1 aliphatic carbocycles. The summed E-state index contributed by atoms with van der Waals surface area (Å²) in [6, 6.07) is 7.12. The topological polar surface area (TPSA) is 55.7 Å². The fourth-order valence-electron chi connectivity index (χ4n) is 2.15. The van der Waals surface area contributed by atoms with Crippen molar-refractivity contribution in [2.24, 2.45) is 11.1 Å². The Morgan fingerprint density at radius 3 is 2.55 bits per heavy atom. The van der Waals surface area contributed by atoms with Gasteiger partial charge in [-0.1, -0.05) is 36.7 Å². The van der Waals surface area contributed by atoms with Gasteiger partial charge >= 0.3 is 5.97 Å². The number of rotatable bonds is 3. The minimum absolute atomic E-state index is 0.0346. The van der Waals surface area contributed by atoms with Crippen molar-refractivity contribution in [2.75, 3.05) is 0 Å². The van der Waals surface area contributed by atoms with E-state index in [2.05, 4.69) is 5.16 Å². The minimum atomic E-state index is -0.512. The Bertz CT molecular complexity index is 709. The van der Waals surface area contributed by atoms with E-state index in [1.54, 1.807) is 37.3 Å². The number of allylic oxidation sites excluding steroid dienone is 4. The first-order chi connectivity index (χ1) is 10.4. The van der Waals surface area contributed by atoms with E-state index in [4.69, 9.17) is 4.84 Å². The van der Waals surface area contributed by atoms with E-state index in [0.717, 1.165) is 11.1 Å². The van der Waals surface area contributed by atoms with Crippen molar-refractivity contribution in [1.82, 2.24) is 0 Å². The van der Waals surface area contributed by atoms with Crippen molar-refractivity contribution < 1.29 is 14.4 Å². The lowest BCUT2D eigenvalue weighted by Crippen LogP contribution is -2.16. The lowest BCUT2D eigenvalue weighted by atomic mass is 9.90. The van der Waals surface area contributed by atoms with Gasteiger partial charge in [0.05, 0.1) is 5.56 Å². The zero-order valence-electron chi connectivity index (χ0n) is 13.2. The SMILES string of the molecule is CC1=C/C(=N/OC(=O)c2cccc(C)c2)C(C(C)C)=CC1=O. The molecule has 1 aliphatic rings. The van der Waals surface area contributed by atoms with Gasteiger partial charge in [-0.25, -0.2) is 4.79 Å². The first kappa shape index (κ1) is 15.9. The third kappa shape index (κ3) is 3.58. The maximum Gasteiger partial charge on any atom is 0.365 e. The number of nitrogens with zero attached hydrogens (tertiary/aromatic N) is 1. The molecule has 2 rings (SSSR count). The van der Waals surface area contributed by atoms with Gasteiger partial charge in [-0.2, -0.15) is 0 Å². The van der Waals surface area contributed by atoms with Crippen LogP contribution in [0.5, 0.6) is 0 Å². The smallest absolute Gasteiger partial charge is 0.312 e. The second-order valence-electron chi connectivity index (χ2n) is 5.67.